The second-order valence-electron chi connectivity index (χ2n) is 7.11. The van der Waals surface area contributed by atoms with Crippen LogP contribution in [0.3, 0.4) is 0 Å². The van der Waals surface area contributed by atoms with Gasteiger partial charge in [-0.2, -0.15) is 0 Å². The molecule has 1 aromatic rings. The van der Waals surface area contributed by atoms with Crippen molar-refractivity contribution in [1.29, 1.82) is 0 Å². The third-order valence-corrected chi connectivity index (χ3v) is 5.39. The molecule has 1 heterocycles. The number of benzene rings is 1. The molecule has 5 nitrogen and oxygen atoms in total. The molecule has 0 bridgehead atoms. The summed E-state index contributed by atoms with van der Waals surface area (Å²) in [5.74, 6) is 1.78. The summed E-state index contributed by atoms with van der Waals surface area (Å²) in [4.78, 5) is 2.33. The molecule has 0 spiro atoms. The van der Waals surface area contributed by atoms with E-state index in [0.29, 0.717) is 12.0 Å². The maximum absolute atomic E-state index is 11.0. The third-order valence-electron chi connectivity index (χ3n) is 5.39. The Balaban J connectivity index is 1.84. The van der Waals surface area contributed by atoms with Gasteiger partial charge in [0.2, 0.25) is 0 Å². The Morgan fingerprint density at radius 2 is 1.96 bits per heavy atom. The van der Waals surface area contributed by atoms with E-state index in [9.17, 15) is 5.11 Å². The van der Waals surface area contributed by atoms with E-state index in [4.69, 9.17) is 9.47 Å². The van der Waals surface area contributed by atoms with Crippen LogP contribution >= 0.6 is 0 Å². The summed E-state index contributed by atoms with van der Waals surface area (Å²) in [6.07, 6.45) is 1.61. The fourth-order valence-electron chi connectivity index (χ4n) is 3.53. The molecule has 0 aromatic heterocycles. The van der Waals surface area contributed by atoms with Gasteiger partial charge in [0.15, 0.2) is 11.5 Å². The molecule has 3 atom stereocenters. The van der Waals surface area contributed by atoms with Gasteiger partial charge in [-0.15, -0.1) is 0 Å². The minimum Gasteiger partial charge on any atom is -0.493 e. The zero-order valence-corrected chi connectivity index (χ0v) is 15.6. The van der Waals surface area contributed by atoms with Crippen LogP contribution < -0.4 is 14.8 Å². The molecule has 136 valence electrons. The summed E-state index contributed by atoms with van der Waals surface area (Å²) in [6, 6.07) is 6.37. The maximum Gasteiger partial charge on any atom is 0.161 e. The van der Waals surface area contributed by atoms with Crippen LogP contribution in [0.15, 0.2) is 18.2 Å². The molecule has 2 N–H and O–H groups in total. The molecule has 1 aliphatic heterocycles. The summed E-state index contributed by atoms with van der Waals surface area (Å²) in [5.41, 5.74) is 0.570. The van der Waals surface area contributed by atoms with Gasteiger partial charge in [-0.1, -0.05) is 13.0 Å². The number of methoxy groups -OCH3 is 2. The van der Waals surface area contributed by atoms with Crippen molar-refractivity contribution in [3.05, 3.63) is 23.8 Å². The van der Waals surface area contributed by atoms with Crippen molar-refractivity contribution in [3.8, 4) is 11.5 Å². The van der Waals surface area contributed by atoms with Gasteiger partial charge in [0, 0.05) is 19.1 Å². The molecular weight excluding hydrogens is 304 g/mol. The first-order valence-electron chi connectivity index (χ1n) is 8.74. The van der Waals surface area contributed by atoms with E-state index >= 15 is 0 Å². The Kier molecular flexibility index (Phi) is 6.49. The van der Waals surface area contributed by atoms with E-state index in [1.165, 1.54) is 0 Å². The van der Waals surface area contributed by atoms with Crippen LogP contribution in [-0.4, -0.2) is 56.0 Å². The van der Waals surface area contributed by atoms with Crippen molar-refractivity contribution in [1.82, 2.24) is 10.2 Å². The number of nitrogens with zero attached hydrogens (tertiary/aromatic N) is 1. The minimum atomic E-state index is -0.573. The SMILES string of the molecule is COc1ccc(CNCC[C@]2(O)C[C@H](C)N(C)C[C@H]2C)cc1OC. The van der Waals surface area contributed by atoms with E-state index in [2.05, 4.69) is 31.1 Å². The van der Waals surface area contributed by atoms with Crippen LogP contribution in [0.1, 0.15) is 32.3 Å². The first-order chi connectivity index (χ1) is 11.4. The summed E-state index contributed by atoms with van der Waals surface area (Å²) in [6.45, 7) is 6.84. The Bertz CT molecular complexity index is 537. The van der Waals surface area contributed by atoms with E-state index in [-0.39, 0.29) is 0 Å². The lowest BCUT2D eigenvalue weighted by Crippen LogP contribution is -2.54. The molecule has 0 saturated carbocycles. The first-order valence-corrected chi connectivity index (χ1v) is 8.74. The summed E-state index contributed by atoms with van der Waals surface area (Å²) >= 11 is 0. The smallest absolute Gasteiger partial charge is 0.161 e. The van der Waals surface area contributed by atoms with Crippen LogP contribution in [0, 0.1) is 5.92 Å². The van der Waals surface area contributed by atoms with Crippen LogP contribution in [0.4, 0.5) is 0 Å². The lowest BCUT2D eigenvalue weighted by atomic mass is 9.77. The van der Waals surface area contributed by atoms with Gasteiger partial charge >= 0.3 is 0 Å². The Labute approximate surface area is 146 Å². The Hall–Kier alpha value is -1.30. The number of ether oxygens (including phenoxy) is 2. The summed E-state index contributed by atoms with van der Waals surface area (Å²) < 4.78 is 10.6. The van der Waals surface area contributed by atoms with Crippen LogP contribution in [-0.2, 0) is 6.54 Å². The molecule has 1 saturated heterocycles. The maximum atomic E-state index is 11.0. The highest BCUT2D eigenvalue weighted by atomic mass is 16.5. The van der Waals surface area contributed by atoms with Gasteiger partial charge in [-0.3, -0.25) is 0 Å². The molecule has 2 rings (SSSR count). The monoisotopic (exact) mass is 336 g/mol. The molecular formula is C19H32N2O3. The molecule has 1 aliphatic rings. The first kappa shape index (κ1) is 19.0. The average Bonchev–Trinajstić information content (AvgIpc) is 2.57. The summed E-state index contributed by atoms with van der Waals surface area (Å²) in [5, 5.41) is 14.4. The van der Waals surface area contributed by atoms with E-state index < -0.39 is 5.60 Å². The van der Waals surface area contributed by atoms with Gasteiger partial charge in [-0.25, -0.2) is 0 Å². The van der Waals surface area contributed by atoms with Gasteiger partial charge in [-0.05, 0) is 57.0 Å². The van der Waals surface area contributed by atoms with Crippen molar-refractivity contribution < 1.29 is 14.6 Å². The Morgan fingerprint density at radius 1 is 1.25 bits per heavy atom. The molecule has 5 heteroatoms. The molecule has 0 aliphatic carbocycles. The lowest BCUT2D eigenvalue weighted by Gasteiger charge is -2.46. The van der Waals surface area contributed by atoms with Crippen LogP contribution in [0.5, 0.6) is 11.5 Å². The largest absolute Gasteiger partial charge is 0.493 e. The fourth-order valence-corrected chi connectivity index (χ4v) is 3.53. The number of aliphatic hydroxyl groups is 1. The second kappa shape index (κ2) is 8.19. The van der Waals surface area contributed by atoms with E-state index in [0.717, 1.165) is 49.5 Å². The predicted octanol–water partition coefficient (Wildman–Crippen LogP) is 2.27. The number of likely N-dealkylation sites (tertiary alicyclic amines) is 1. The normalized spacial score (nSPS) is 27.9. The number of rotatable bonds is 7. The van der Waals surface area contributed by atoms with Crippen LogP contribution in [0.25, 0.3) is 0 Å². The zero-order valence-electron chi connectivity index (χ0n) is 15.6. The minimum absolute atomic E-state index is 0.293. The predicted molar refractivity (Wildman–Crippen MR) is 96.7 cm³/mol. The van der Waals surface area contributed by atoms with Crippen molar-refractivity contribution in [2.45, 2.75) is 44.9 Å². The van der Waals surface area contributed by atoms with Gasteiger partial charge in [0.05, 0.1) is 19.8 Å². The molecule has 1 fully saturated rings. The van der Waals surface area contributed by atoms with Crippen molar-refractivity contribution in [2.24, 2.45) is 5.92 Å². The van der Waals surface area contributed by atoms with E-state index in [1.54, 1.807) is 14.2 Å². The van der Waals surface area contributed by atoms with Gasteiger partial charge < -0.3 is 24.8 Å². The third kappa shape index (κ3) is 4.41. The number of hydrogen-bond donors (Lipinski definition) is 2. The highest BCUT2D eigenvalue weighted by Crippen LogP contribution is 2.33. The topological polar surface area (TPSA) is 54.0 Å². The molecule has 1 aromatic carbocycles. The highest BCUT2D eigenvalue weighted by molar-refractivity contribution is 5.42. The van der Waals surface area contributed by atoms with Crippen molar-refractivity contribution in [2.75, 3.05) is 34.4 Å². The van der Waals surface area contributed by atoms with Crippen molar-refractivity contribution >= 4 is 0 Å². The lowest BCUT2D eigenvalue weighted by molar-refractivity contribution is -0.0831. The quantitative estimate of drug-likeness (QED) is 0.748. The standard InChI is InChI=1S/C19H32N2O3/c1-14-13-21(3)15(2)11-19(14,22)8-9-20-12-16-6-7-17(23-4)18(10-16)24-5/h6-7,10,14-15,20,22H,8-9,11-13H2,1-5H3/t14-,15+,19+/m1/s1. The average molecular weight is 336 g/mol. The molecule has 0 radical (unpaired) electrons. The molecule has 24 heavy (non-hydrogen) atoms. The van der Waals surface area contributed by atoms with Crippen LogP contribution in [0.2, 0.25) is 0 Å². The van der Waals surface area contributed by atoms with Crippen molar-refractivity contribution in [3.63, 3.8) is 0 Å². The number of piperidine rings is 1. The molecule has 0 amide bonds. The second-order valence-corrected chi connectivity index (χ2v) is 7.11. The summed E-state index contributed by atoms with van der Waals surface area (Å²) in [7, 11) is 5.42. The number of nitrogens with one attached hydrogen (secondary N) is 1. The Morgan fingerprint density at radius 3 is 2.62 bits per heavy atom. The highest BCUT2D eigenvalue weighted by Gasteiger charge is 2.40. The number of hydrogen-bond acceptors (Lipinski definition) is 5. The van der Waals surface area contributed by atoms with E-state index in [1.807, 2.05) is 18.2 Å². The molecule has 0 unspecified atom stereocenters. The zero-order chi connectivity index (χ0) is 17.7. The van der Waals surface area contributed by atoms with Gasteiger partial charge in [0.1, 0.15) is 0 Å². The fraction of sp³-hybridized carbons (Fsp3) is 0.684. The van der Waals surface area contributed by atoms with Gasteiger partial charge in [0.25, 0.3) is 0 Å².